The molecule has 0 amide bonds. The lowest BCUT2D eigenvalue weighted by Gasteiger charge is -2.30. The van der Waals surface area contributed by atoms with Crippen LogP contribution in [0, 0.1) is 0 Å². The van der Waals surface area contributed by atoms with Crippen LogP contribution in [-0.4, -0.2) is 0 Å². The maximum Gasteiger partial charge on any atom is 0.0540 e. The predicted molar refractivity (Wildman–Crippen MR) is 309 cm³/mol. The highest BCUT2D eigenvalue weighted by molar-refractivity contribution is 5.92. The molecule has 0 N–H and O–H groups in total. The van der Waals surface area contributed by atoms with Gasteiger partial charge in [0.2, 0.25) is 0 Å². The molecule has 0 saturated carbocycles. The lowest BCUT2D eigenvalue weighted by atomic mass is 9.81. The number of anilines is 3. The van der Waals surface area contributed by atoms with Crippen molar-refractivity contribution in [3.8, 4) is 89.0 Å². The molecule has 0 aliphatic heterocycles. The molecule has 11 aromatic rings. The van der Waals surface area contributed by atoms with Gasteiger partial charge in [0.25, 0.3) is 0 Å². The molecular formula is C72H55N. The maximum absolute atomic E-state index is 2.47. The van der Waals surface area contributed by atoms with Crippen LogP contribution < -0.4 is 4.90 Å². The first kappa shape index (κ1) is 44.2. The van der Waals surface area contributed by atoms with Crippen molar-refractivity contribution >= 4 is 17.1 Å². The number of para-hydroxylation sites is 1. The lowest BCUT2D eigenvalue weighted by Crippen LogP contribution is -2.17. The van der Waals surface area contributed by atoms with Crippen molar-refractivity contribution in [1.82, 2.24) is 0 Å². The topological polar surface area (TPSA) is 3.24 Å². The molecule has 13 rings (SSSR count). The largest absolute Gasteiger partial charge is 0.310 e. The molecule has 0 fully saturated rings. The Morgan fingerprint density at radius 2 is 0.534 bits per heavy atom. The van der Waals surface area contributed by atoms with Crippen LogP contribution in [0.15, 0.2) is 261 Å². The second-order valence-corrected chi connectivity index (χ2v) is 20.9. The predicted octanol–water partition coefficient (Wildman–Crippen LogP) is 19.8. The third-order valence-corrected chi connectivity index (χ3v) is 16.0. The second-order valence-electron chi connectivity index (χ2n) is 20.9. The van der Waals surface area contributed by atoms with Crippen molar-refractivity contribution in [1.29, 1.82) is 0 Å². The molecule has 0 aromatic heterocycles. The molecule has 0 bridgehead atoms. The Labute approximate surface area is 430 Å². The highest BCUT2D eigenvalue weighted by Crippen LogP contribution is 2.53. The Hall–Kier alpha value is -8.78. The molecule has 11 aromatic carbocycles. The van der Waals surface area contributed by atoms with Crippen LogP contribution in [0.3, 0.4) is 0 Å². The van der Waals surface area contributed by atoms with E-state index >= 15 is 0 Å². The van der Waals surface area contributed by atoms with E-state index < -0.39 is 0 Å². The van der Waals surface area contributed by atoms with Crippen LogP contribution in [0.1, 0.15) is 49.9 Å². The summed E-state index contributed by atoms with van der Waals surface area (Å²) in [7, 11) is 0. The van der Waals surface area contributed by atoms with Gasteiger partial charge in [-0.25, -0.2) is 0 Å². The Bertz CT molecular complexity index is 3840. The first-order chi connectivity index (χ1) is 35.7. The van der Waals surface area contributed by atoms with Crippen LogP contribution in [0.5, 0.6) is 0 Å². The fourth-order valence-corrected chi connectivity index (χ4v) is 11.9. The summed E-state index contributed by atoms with van der Waals surface area (Å²) in [5.41, 5.74) is 28.4. The SMILES string of the molecule is CC1(C)c2ccccc2-c2ccc(-c3ccc(N(c4ccc5c(c4)C(C)(C)c4cc(-c6ccc(-c7ccc(-c8ccccc8)cc7)cc6)ccc4-5)c4ccccc4-c4ccc(-c5ccccc5)cc4)cc3)cc21. The van der Waals surface area contributed by atoms with Crippen LogP contribution in [0.4, 0.5) is 17.1 Å². The van der Waals surface area contributed by atoms with Gasteiger partial charge < -0.3 is 4.90 Å². The zero-order valence-corrected chi connectivity index (χ0v) is 41.8. The van der Waals surface area contributed by atoms with Gasteiger partial charge >= 0.3 is 0 Å². The number of benzene rings is 11. The van der Waals surface area contributed by atoms with Crippen LogP contribution in [-0.2, 0) is 10.8 Å². The number of fused-ring (bicyclic) bond motifs is 6. The van der Waals surface area contributed by atoms with E-state index in [1.807, 2.05) is 0 Å². The molecule has 0 unspecified atom stereocenters. The minimum absolute atomic E-state index is 0.0625. The van der Waals surface area contributed by atoms with E-state index in [2.05, 4.69) is 293 Å². The third-order valence-electron chi connectivity index (χ3n) is 16.0. The summed E-state index contributed by atoms with van der Waals surface area (Å²) in [5.74, 6) is 0. The van der Waals surface area contributed by atoms with E-state index in [0.717, 1.165) is 17.1 Å². The van der Waals surface area contributed by atoms with Gasteiger partial charge in [0.15, 0.2) is 0 Å². The quantitative estimate of drug-likeness (QED) is 0.139. The highest BCUT2D eigenvalue weighted by atomic mass is 15.1. The van der Waals surface area contributed by atoms with E-state index in [1.165, 1.54) is 111 Å². The number of hydrogen-bond donors (Lipinski definition) is 0. The Morgan fingerprint density at radius 3 is 1.04 bits per heavy atom. The van der Waals surface area contributed by atoms with Gasteiger partial charge in [-0.2, -0.15) is 0 Å². The molecule has 0 heterocycles. The maximum atomic E-state index is 2.47. The van der Waals surface area contributed by atoms with Crippen LogP contribution >= 0.6 is 0 Å². The monoisotopic (exact) mass is 933 g/mol. The summed E-state index contributed by atoms with van der Waals surface area (Å²) in [6, 6.07) is 96.5. The van der Waals surface area contributed by atoms with Gasteiger partial charge in [-0.3, -0.25) is 0 Å². The number of rotatable bonds is 9. The first-order valence-electron chi connectivity index (χ1n) is 25.6. The van der Waals surface area contributed by atoms with Crippen molar-refractivity contribution in [3.05, 3.63) is 283 Å². The van der Waals surface area contributed by atoms with E-state index in [4.69, 9.17) is 0 Å². The highest BCUT2D eigenvalue weighted by Gasteiger charge is 2.37. The van der Waals surface area contributed by atoms with Gasteiger partial charge in [-0.15, -0.1) is 0 Å². The standard InChI is InChI=1S/C72H55N/c1-71(2)66-21-13-11-20-62(66)63-42-37-58(45-67(63)71)55-35-39-59(40-36-55)73(70-22-14-12-19-61(70)56-33-31-51(32-34-56)49-17-9-6-10-18-49)60-41-44-65-64-43-38-57(46-68(64)72(3,4)69(65)47-60)54-29-27-53(28-30-54)52-25-23-50(24-26-52)48-15-7-5-8-16-48/h5-47H,1-4H3. The minimum atomic E-state index is -0.236. The average Bonchev–Trinajstić information content (AvgIpc) is 3.82. The molecule has 0 radical (unpaired) electrons. The molecule has 73 heavy (non-hydrogen) atoms. The van der Waals surface area contributed by atoms with Crippen molar-refractivity contribution in [3.63, 3.8) is 0 Å². The summed E-state index contributed by atoms with van der Waals surface area (Å²) < 4.78 is 0. The Balaban J connectivity index is 0.855. The second kappa shape index (κ2) is 17.5. The fourth-order valence-electron chi connectivity index (χ4n) is 11.9. The molecule has 0 atom stereocenters. The third kappa shape index (κ3) is 7.63. The molecular weight excluding hydrogens is 879 g/mol. The van der Waals surface area contributed by atoms with Crippen LogP contribution in [0.2, 0.25) is 0 Å². The van der Waals surface area contributed by atoms with E-state index in [0.29, 0.717) is 0 Å². The van der Waals surface area contributed by atoms with Gasteiger partial charge in [0.05, 0.1) is 5.69 Å². The molecule has 0 spiro atoms. The summed E-state index contributed by atoms with van der Waals surface area (Å²) >= 11 is 0. The molecule has 2 aliphatic rings. The number of nitrogens with zero attached hydrogens (tertiary/aromatic N) is 1. The summed E-state index contributed by atoms with van der Waals surface area (Å²) in [4.78, 5) is 2.47. The van der Waals surface area contributed by atoms with E-state index in [1.54, 1.807) is 0 Å². The summed E-state index contributed by atoms with van der Waals surface area (Å²) in [6.07, 6.45) is 0. The van der Waals surface area contributed by atoms with Crippen LogP contribution in [0.25, 0.3) is 89.0 Å². The zero-order valence-electron chi connectivity index (χ0n) is 41.8. The van der Waals surface area contributed by atoms with Crippen molar-refractivity contribution in [2.24, 2.45) is 0 Å². The lowest BCUT2D eigenvalue weighted by molar-refractivity contribution is 0.660. The Morgan fingerprint density at radius 1 is 0.219 bits per heavy atom. The molecule has 0 saturated heterocycles. The summed E-state index contributed by atoms with van der Waals surface area (Å²) in [5, 5.41) is 0. The van der Waals surface area contributed by atoms with Crippen molar-refractivity contribution < 1.29 is 0 Å². The molecule has 1 heteroatoms. The minimum Gasteiger partial charge on any atom is -0.310 e. The van der Waals surface area contributed by atoms with E-state index in [9.17, 15) is 0 Å². The summed E-state index contributed by atoms with van der Waals surface area (Å²) in [6.45, 7) is 9.50. The van der Waals surface area contributed by atoms with Gasteiger partial charge in [-0.1, -0.05) is 246 Å². The van der Waals surface area contributed by atoms with E-state index in [-0.39, 0.29) is 10.8 Å². The average molecular weight is 934 g/mol. The van der Waals surface area contributed by atoms with Crippen molar-refractivity contribution in [2.45, 2.75) is 38.5 Å². The van der Waals surface area contributed by atoms with Gasteiger partial charge in [0, 0.05) is 27.8 Å². The van der Waals surface area contributed by atoms with Crippen molar-refractivity contribution in [2.75, 3.05) is 4.90 Å². The molecule has 2 aliphatic carbocycles. The fraction of sp³-hybridized carbons (Fsp3) is 0.0833. The smallest absolute Gasteiger partial charge is 0.0540 e. The van der Waals surface area contributed by atoms with Gasteiger partial charge in [0.1, 0.15) is 0 Å². The van der Waals surface area contributed by atoms with Gasteiger partial charge in [-0.05, 0) is 148 Å². The Kier molecular flexibility index (Phi) is 10.6. The zero-order chi connectivity index (χ0) is 49.3. The molecule has 1 nitrogen and oxygen atoms in total. The first-order valence-corrected chi connectivity index (χ1v) is 25.6. The molecule has 348 valence electrons. The normalized spacial score (nSPS) is 13.4. The number of hydrogen-bond acceptors (Lipinski definition) is 1.